The lowest BCUT2D eigenvalue weighted by Gasteiger charge is -2.07. The Bertz CT molecular complexity index is 248. The van der Waals surface area contributed by atoms with Gasteiger partial charge in [-0.05, 0) is 18.3 Å². The van der Waals surface area contributed by atoms with Gasteiger partial charge < -0.3 is 0 Å². The lowest BCUT2D eigenvalue weighted by molar-refractivity contribution is 0.706. The van der Waals surface area contributed by atoms with Gasteiger partial charge in [0.2, 0.25) is 0 Å². The molecule has 0 spiro atoms. The highest BCUT2D eigenvalue weighted by atomic mass is 35.5. The van der Waals surface area contributed by atoms with Crippen LogP contribution in [0.2, 0.25) is 0 Å². The molecule has 2 unspecified atom stereocenters. The van der Waals surface area contributed by atoms with Crippen molar-refractivity contribution in [2.75, 3.05) is 0 Å². The van der Waals surface area contributed by atoms with Gasteiger partial charge in [0.05, 0.1) is 0 Å². The largest absolute Gasteiger partial charge is 0.0894 e. The first-order chi connectivity index (χ1) is 5.25. The Morgan fingerprint density at radius 3 is 2.91 bits per heavy atom. The van der Waals surface area contributed by atoms with Gasteiger partial charge in [-0.3, -0.25) is 0 Å². The van der Waals surface area contributed by atoms with Gasteiger partial charge in [0, 0.05) is 11.5 Å². The molecule has 0 amide bonds. The van der Waals surface area contributed by atoms with Crippen LogP contribution >= 0.6 is 11.6 Å². The maximum atomic E-state index is 5.74. The Labute approximate surface area is 72.2 Å². The second-order valence-electron chi connectivity index (χ2n) is 3.33. The average molecular weight is 167 g/mol. The van der Waals surface area contributed by atoms with Gasteiger partial charge in [-0.2, -0.15) is 0 Å². The van der Waals surface area contributed by atoms with Crippen molar-refractivity contribution in [3.05, 3.63) is 35.4 Å². The molecule has 0 nitrogen and oxygen atoms in total. The van der Waals surface area contributed by atoms with Crippen LogP contribution < -0.4 is 0 Å². The Hall–Kier alpha value is -0.490. The first-order valence-corrected chi connectivity index (χ1v) is 4.35. The van der Waals surface area contributed by atoms with Crippen molar-refractivity contribution >= 4 is 11.6 Å². The summed E-state index contributed by atoms with van der Waals surface area (Å²) in [7, 11) is 0. The second kappa shape index (κ2) is 2.53. The average Bonchev–Trinajstić information content (AvgIpc) is 2.45. The summed E-state index contributed by atoms with van der Waals surface area (Å²) in [6, 6.07) is 0. The van der Waals surface area contributed by atoms with E-state index in [4.69, 9.17) is 11.6 Å². The summed E-state index contributed by atoms with van der Waals surface area (Å²) in [5, 5.41) is 0.761. The molecule has 2 atom stereocenters. The number of fused-ring (bicyclic) bond motifs is 2. The van der Waals surface area contributed by atoms with Crippen molar-refractivity contribution in [3.8, 4) is 0 Å². The number of hydrogen-bond donors (Lipinski definition) is 0. The molecular formula is C10H11Cl. The number of rotatable bonds is 2. The van der Waals surface area contributed by atoms with Crippen molar-refractivity contribution in [2.45, 2.75) is 12.8 Å². The normalized spacial score (nSPS) is 32.6. The fourth-order valence-electron chi connectivity index (χ4n) is 1.94. The minimum Gasteiger partial charge on any atom is -0.0894 e. The molecule has 0 aromatic carbocycles. The van der Waals surface area contributed by atoms with Gasteiger partial charge in [0.25, 0.3) is 0 Å². The third-order valence-corrected chi connectivity index (χ3v) is 2.55. The summed E-state index contributed by atoms with van der Waals surface area (Å²) in [5.41, 5.74) is 1.47. The van der Waals surface area contributed by atoms with E-state index < -0.39 is 0 Å². The zero-order chi connectivity index (χ0) is 7.84. The zero-order valence-corrected chi connectivity index (χ0v) is 7.14. The van der Waals surface area contributed by atoms with E-state index in [2.05, 4.69) is 24.8 Å². The Morgan fingerprint density at radius 2 is 2.45 bits per heavy atom. The van der Waals surface area contributed by atoms with E-state index in [-0.39, 0.29) is 0 Å². The summed E-state index contributed by atoms with van der Waals surface area (Å²) in [6.07, 6.45) is 9.07. The maximum Gasteiger partial charge on any atom is 0.0149 e. The van der Waals surface area contributed by atoms with E-state index in [1.54, 1.807) is 0 Å². The minimum atomic E-state index is 0.676. The van der Waals surface area contributed by atoms with Crippen molar-refractivity contribution in [2.24, 2.45) is 11.8 Å². The van der Waals surface area contributed by atoms with Crippen LogP contribution in [0.5, 0.6) is 0 Å². The highest BCUT2D eigenvalue weighted by molar-refractivity contribution is 6.29. The smallest absolute Gasteiger partial charge is 0.0149 e. The molecule has 0 fully saturated rings. The molecule has 0 N–H and O–H groups in total. The molecule has 2 rings (SSSR count). The van der Waals surface area contributed by atoms with Crippen molar-refractivity contribution < 1.29 is 0 Å². The van der Waals surface area contributed by atoms with Gasteiger partial charge in [-0.15, -0.1) is 0 Å². The predicted molar refractivity (Wildman–Crippen MR) is 48.4 cm³/mol. The summed E-state index contributed by atoms with van der Waals surface area (Å²) >= 11 is 5.74. The van der Waals surface area contributed by atoms with Gasteiger partial charge in [-0.25, -0.2) is 0 Å². The van der Waals surface area contributed by atoms with Crippen LogP contribution in [0.15, 0.2) is 35.4 Å². The van der Waals surface area contributed by atoms with E-state index >= 15 is 0 Å². The molecule has 2 bridgehead atoms. The molecule has 0 saturated carbocycles. The monoisotopic (exact) mass is 166 g/mol. The predicted octanol–water partition coefficient (Wildman–Crippen LogP) is 3.26. The molecule has 11 heavy (non-hydrogen) atoms. The SMILES string of the molecule is C=C(Cl)CC1=CC2C=CC1C2. The van der Waals surface area contributed by atoms with Gasteiger partial charge in [0.1, 0.15) is 0 Å². The van der Waals surface area contributed by atoms with E-state index in [9.17, 15) is 0 Å². The van der Waals surface area contributed by atoms with E-state index in [0.717, 1.165) is 11.5 Å². The summed E-state index contributed by atoms with van der Waals surface area (Å²) in [6.45, 7) is 3.70. The molecule has 58 valence electrons. The third kappa shape index (κ3) is 1.28. The quantitative estimate of drug-likeness (QED) is 0.553. The topological polar surface area (TPSA) is 0 Å². The van der Waals surface area contributed by atoms with Crippen molar-refractivity contribution in [3.63, 3.8) is 0 Å². The lowest BCUT2D eigenvalue weighted by Crippen LogP contribution is -1.92. The van der Waals surface area contributed by atoms with Crippen LogP contribution in [-0.4, -0.2) is 0 Å². The molecule has 0 radical (unpaired) electrons. The standard InChI is InChI=1S/C10H11Cl/c1-7(11)4-10-6-8-2-3-9(10)5-8/h2-3,6,8-9H,1,4-5H2. The van der Waals surface area contributed by atoms with E-state index in [1.807, 2.05) is 0 Å². The lowest BCUT2D eigenvalue weighted by atomic mass is 10.0. The van der Waals surface area contributed by atoms with E-state index in [0.29, 0.717) is 11.8 Å². The van der Waals surface area contributed by atoms with Gasteiger partial charge in [-0.1, -0.05) is 42.0 Å². The zero-order valence-electron chi connectivity index (χ0n) is 6.39. The molecule has 0 heterocycles. The summed E-state index contributed by atoms with van der Waals surface area (Å²) < 4.78 is 0. The second-order valence-corrected chi connectivity index (χ2v) is 3.86. The highest BCUT2D eigenvalue weighted by Crippen LogP contribution is 2.40. The van der Waals surface area contributed by atoms with Gasteiger partial charge in [0.15, 0.2) is 0 Å². The molecule has 0 aromatic rings. The van der Waals surface area contributed by atoms with Crippen LogP contribution in [-0.2, 0) is 0 Å². The van der Waals surface area contributed by atoms with Crippen LogP contribution in [0, 0.1) is 11.8 Å². The molecule has 0 aliphatic heterocycles. The van der Waals surface area contributed by atoms with Crippen LogP contribution in [0.25, 0.3) is 0 Å². The fraction of sp³-hybridized carbons (Fsp3) is 0.400. The molecule has 0 saturated heterocycles. The molecule has 1 heteroatoms. The molecule has 0 aromatic heterocycles. The third-order valence-electron chi connectivity index (χ3n) is 2.42. The Kier molecular flexibility index (Phi) is 1.65. The number of hydrogen-bond acceptors (Lipinski definition) is 0. The van der Waals surface area contributed by atoms with E-state index in [1.165, 1.54) is 12.0 Å². The van der Waals surface area contributed by atoms with Crippen LogP contribution in [0.4, 0.5) is 0 Å². The summed E-state index contributed by atoms with van der Waals surface area (Å²) in [5.74, 6) is 1.38. The van der Waals surface area contributed by atoms with Crippen molar-refractivity contribution in [1.82, 2.24) is 0 Å². The Morgan fingerprint density at radius 1 is 1.64 bits per heavy atom. The summed E-state index contributed by atoms with van der Waals surface area (Å²) in [4.78, 5) is 0. The Balaban J connectivity index is 2.08. The molecular weight excluding hydrogens is 156 g/mol. The minimum absolute atomic E-state index is 0.676. The molecule has 2 aliphatic carbocycles. The number of halogens is 1. The van der Waals surface area contributed by atoms with Crippen molar-refractivity contribution in [1.29, 1.82) is 0 Å². The van der Waals surface area contributed by atoms with Crippen LogP contribution in [0.1, 0.15) is 12.8 Å². The maximum absolute atomic E-state index is 5.74. The number of allylic oxidation sites excluding steroid dienone is 5. The first kappa shape index (κ1) is 7.17. The van der Waals surface area contributed by atoms with Gasteiger partial charge >= 0.3 is 0 Å². The highest BCUT2D eigenvalue weighted by Gasteiger charge is 2.27. The fourth-order valence-corrected chi connectivity index (χ4v) is 2.09. The van der Waals surface area contributed by atoms with Crippen LogP contribution in [0.3, 0.4) is 0 Å². The first-order valence-electron chi connectivity index (χ1n) is 3.98. The molecule has 2 aliphatic rings.